The molecule has 0 amide bonds. The molecule has 0 spiro atoms. The molecule has 0 bridgehead atoms. The number of hydrogen-bond donors (Lipinski definition) is 1. The van der Waals surface area contributed by atoms with Gasteiger partial charge in [-0.25, -0.2) is 9.97 Å². The topological polar surface area (TPSA) is 77.8 Å². The number of hydrogen-bond acceptors (Lipinski definition) is 5. The maximum absolute atomic E-state index is 5.67. The number of nitrogen functional groups attached to an aromatic ring is 1. The second-order valence-corrected chi connectivity index (χ2v) is 5.41. The van der Waals surface area contributed by atoms with E-state index in [2.05, 4.69) is 34.2 Å². The van der Waals surface area contributed by atoms with Gasteiger partial charge in [0.1, 0.15) is 5.52 Å². The zero-order valence-corrected chi connectivity index (χ0v) is 12.5. The van der Waals surface area contributed by atoms with Gasteiger partial charge in [-0.2, -0.15) is 0 Å². The zero-order valence-electron chi connectivity index (χ0n) is 12.5. The lowest BCUT2D eigenvalue weighted by atomic mass is 10.0. The molecule has 2 aromatic carbocycles. The summed E-state index contributed by atoms with van der Waals surface area (Å²) in [5.41, 5.74) is 10.4. The first kappa shape index (κ1) is 13.5. The lowest BCUT2D eigenvalue weighted by Crippen LogP contribution is -1.95. The van der Waals surface area contributed by atoms with E-state index >= 15 is 0 Å². The van der Waals surface area contributed by atoms with E-state index in [9.17, 15) is 0 Å². The van der Waals surface area contributed by atoms with Crippen molar-refractivity contribution in [1.29, 1.82) is 0 Å². The Kier molecular flexibility index (Phi) is 3.05. The minimum Gasteiger partial charge on any atom is -0.368 e. The lowest BCUT2D eigenvalue weighted by molar-refractivity contribution is 0.441. The van der Waals surface area contributed by atoms with Crippen molar-refractivity contribution >= 4 is 16.9 Å². The van der Waals surface area contributed by atoms with Gasteiger partial charge in [0.15, 0.2) is 5.76 Å². The van der Waals surface area contributed by atoms with Crippen molar-refractivity contribution in [2.75, 3.05) is 5.73 Å². The quantitative estimate of drug-likeness (QED) is 0.608. The Morgan fingerprint density at radius 2 is 1.91 bits per heavy atom. The maximum atomic E-state index is 5.67. The highest BCUT2D eigenvalue weighted by molar-refractivity contribution is 5.94. The number of nitrogens with zero attached hydrogens (tertiary/aromatic N) is 3. The molecule has 112 valence electrons. The number of anilines is 1. The van der Waals surface area contributed by atoms with E-state index in [1.165, 1.54) is 5.56 Å². The summed E-state index contributed by atoms with van der Waals surface area (Å²) < 4.78 is 5.56. The van der Waals surface area contributed by atoms with Gasteiger partial charge in [0.2, 0.25) is 5.95 Å². The molecular weight excluding hydrogens is 288 g/mol. The Morgan fingerprint density at radius 1 is 1.00 bits per heavy atom. The van der Waals surface area contributed by atoms with Gasteiger partial charge in [-0.1, -0.05) is 35.0 Å². The number of rotatable bonds is 2. The third kappa shape index (κ3) is 2.42. The Bertz CT molecular complexity index is 1010. The summed E-state index contributed by atoms with van der Waals surface area (Å²) in [4.78, 5) is 8.20. The molecule has 0 unspecified atom stereocenters. The van der Waals surface area contributed by atoms with E-state index in [-0.39, 0.29) is 5.95 Å². The molecule has 0 aliphatic carbocycles. The van der Waals surface area contributed by atoms with Crippen molar-refractivity contribution in [2.45, 2.75) is 6.92 Å². The van der Waals surface area contributed by atoms with Gasteiger partial charge in [-0.15, -0.1) is 0 Å². The van der Waals surface area contributed by atoms with Gasteiger partial charge >= 0.3 is 0 Å². The van der Waals surface area contributed by atoms with Crippen LogP contribution in [0, 0.1) is 6.92 Å². The zero-order chi connectivity index (χ0) is 15.8. The van der Waals surface area contributed by atoms with Crippen molar-refractivity contribution in [3.05, 3.63) is 60.3 Å². The van der Waals surface area contributed by atoms with Gasteiger partial charge < -0.3 is 10.3 Å². The van der Waals surface area contributed by atoms with Crippen molar-refractivity contribution in [1.82, 2.24) is 15.1 Å². The van der Waals surface area contributed by atoms with Gasteiger partial charge in [0, 0.05) is 17.3 Å². The highest BCUT2D eigenvalue weighted by Gasteiger charge is 2.12. The molecular formula is C18H14N4O. The van der Waals surface area contributed by atoms with E-state index in [4.69, 9.17) is 10.3 Å². The number of aromatic nitrogens is 3. The third-order valence-electron chi connectivity index (χ3n) is 3.73. The monoisotopic (exact) mass is 302 g/mol. The van der Waals surface area contributed by atoms with E-state index in [1.807, 2.05) is 36.4 Å². The average molecular weight is 302 g/mol. The first-order valence-corrected chi connectivity index (χ1v) is 7.26. The summed E-state index contributed by atoms with van der Waals surface area (Å²) in [5.74, 6) is 1.01. The largest absolute Gasteiger partial charge is 0.368 e. The summed E-state index contributed by atoms with van der Waals surface area (Å²) >= 11 is 0. The van der Waals surface area contributed by atoms with Crippen LogP contribution in [-0.4, -0.2) is 15.1 Å². The van der Waals surface area contributed by atoms with Gasteiger partial charge in [0.05, 0.1) is 11.1 Å². The molecule has 4 rings (SSSR count). The van der Waals surface area contributed by atoms with Crippen LogP contribution in [0.4, 0.5) is 5.95 Å². The molecule has 0 atom stereocenters. The molecule has 4 aromatic rings. The van der Waals surface area contributed by atoms with E-state index in [0.717, 1.165) is 33.5 Å². The normalized spacial score (nSPS) is 11.0. The summed E-state index contributed by atoms with van der Waals surface area (Å²) in [5, 5.41) is 5.09. The maximum Gasteiger partial charge on any atom is 0.220 e. The number of nitrogens with two attached hydrogens (primary N) is 1. The minimum atomic E-state index is 0.256. The molecule has 0 aliphatic heterocycles. The van der Waals surface area contributed by atoms with Gasteiger partial charge in [0.25, 0.3) is 0 Å². The summed E-state index contributed by atoms with van der Waals surface area (Å²) in [7, 11) is 0. The number of benzene rings is 2. The van der Waals surface area contributed by atoms with Crippen molar-refractivity contribution < 1.29 is 4.52 Å². The lowest BCUT2D eigenvalue weighted by Gasteiger charge is -2.02. The summed E-state index contributed by atoms with van der Waals surface area (Å²) in [6.45, 7) is 2.05. The molecule has 0 saturated heterocycles. The second kappa shape index (κ2) is 5.21. The van der Waals surface area contributed by atoms with Crippen molar-refractivity contribution in [3.63, 3.8) is 0 Å². The predicted octanol–water partition coefficient (Wildman–Crippen LogP) is 3.84. The first-order chi connectivity index (χ1) is 11.2. The molecule has 5 nitrogen and oxygen atoms in total. The van der Waals surface area contributed by atoms with Gasteiger partial charge in [-0.3, -0.25) is 0 Å². The molecule has 2 N–H and O–H groups in total. The Morgan fingerprint density at radius 3 is 2.74 bits per heavy atom. The van der Waals surface area contributed by atoms with Crippen LogP contribution < -0.4 is 5.73 Å². The highest BCUT2D eigenvalue weighted by Crippen LogP contribution is 2.32. The van der Waals surface area contributed by atoms with Crippen molar-refractivity contribution in [3.8, 4) is 22.6 Å². The second-order valence-electron chi connectivity index (χ2n) is 5.41. The Labute approximate surface area is 132 Å². The van der Waals surface area contributed by atoms with Crippen LogP contribution in [0.3, 0.4) is 0 Å². The molecule has 5 heteroatoms. The predicted molar refractivity (Wildman–Crippen MR) is 89.6 cm³/mol. The smallest absolute Gasteiger partial charge is 0.220 e. The summed E-state index contributed by atoms with van der Waals surface area (Å²) in [6.07, 6.45) is 1.65. The van der Waals surface area contributed by atoms with Crippen LogP contribution in [0.1, 0.15) is 5.56 Å². The van der Waals surface area contributed by atoms with E-state index < -0.39 is 0 Å². The fourth-order valence-corrected chi connectivity index (χ4v) is 2.63. The average Bonchev–Trinajstić information content (AvgIpc) is 2.98. The van der Waals surface area contributed by atoms with Gasteiger partial charge in [-0.05, 0) is 31.2 Å². The molecule has 0 radical (unpaired) electrons. The Hall–Kier alpha value is -3.21. The molecule has 0 aliphatic rings. The fraction of sp³-hybridized carbons (Fsp3) is 0.0556. The van der Waals surface area contributed by atoms with Crippen LogP contribution >= 0.6 is 0 Å². The number of fused-ring (bicyclic) bond motifs is 1. The molecule has 23 heavy (non-hydrogen) atoms. The van der Waals surface area contributed by atoms with Crippen LogP contribution in [0.15, 0.2) is 59.3 Å². The molecule has 0 saturated carbocycles. The summed E-state index contributed by atoms with van der Waals surface area (Å²) in [6, 6.07) is 15.9. The minimum absolute atomic E-state index is 0.256. The van der Waals surface area contributed by atoms with Crippen LogP contribution in [0.25, 0.3) is 33.5 Å². The van der Waals surface area contributed by atoms with Crippen molar-refractivity contribution in [2.24, 2.45) is 0 Å². The third-order valence-corrected chi connectivity index (χ3v) is 3.73. The van der Waals surface area contributed by atoms with E-state index in [0.29, 0.717) is 0 Å². The van der Waals surface area contributed by atoms with Crippen LogP contribution in [0.5, 0.6) is 0 Å². The number of aryl methyl sites for hydroxylation is 1. The fourth-order valence-electron chi connectivity index (χ4n) is 2.63. The molecule has 0 fully saturated rings. The van der Waals surface area contributed by atoms with Crippen LogP contribution in [0.2, 0.25) is 0 Å². The molecule has 2 aromatic heterocycles. The van der Waals surface area contributed by atoms with E-state index in [1.54, 1.807) is 6.20 Å². The highest BCUT2D eigenvalue weighted by atomic mass is 16.5. The SMILES string of the molecule is Cc1cccc(-c2onc3ccc(-c4ccnc(N)n4)cc23)c1. The standard InChI is InChI=1S/C18H14N4O/c1-11-3-2-4-13(9-11)17-14-10-12(5-6-16(14)22-23-17)15-7-8-20-18(19)21-15/h2-10H,1H3,(H2,19,20,21). The van der Waals surface area contributed by atoms with Crippen LogP contribution in [-0.2, 0) is 0 Å². The molecule has 2 heterocycles. The first-order valence-electron chi connectivity index (χ1n) is 7.26. The Balaban J connectivity index is 1.90.